The van der Waals surface area contributed by atoms with E-state index in [1.54, 1.807) is 0 Å². The first-order valence-corrected chi connectivity index (χ1v) is 13.2. The third-order valence-electron chi connectivity index (χ3n) is 8.14. The van der Waals surface area contributed by atoms with Gasteiger partial charge in [0, 0.05) is 37.0 Å². The molecule has 192 valence electrons. The molecule has 1 aliphatic carbocycles. The van der Waals surface area contributed by atoms with E-state index in [-0.39, 0.29) is 29.1 Å². The van der Waals surface area contributed by atoms with Gasteiger partial charge in [-0.2, -0.15) is 0 Å². The topological polar surface area (TPSA) is 87.7 Å². The Morgan fingerprint density at radius 1 is 1.17 bits per heavy atom. The maximum absolute atomic E-state index is 13.6. The van der Waals surface area contributed by atoms with Crippen molar-refractivity contribution in [3.63, 3.8) is 0 Å². The SMILES string of the molecule is CC(C)[C@@H](NC(=O)[C@@H]1CCC2(CCNC(=O)O2)C1)C(=O)N1CCC(c2ccc(Cl)cc2)C(C)(C)C1. The molecular formula is C27H38ClN3O4. The summed E-state index contributed by atoms with van der Waals surface area (Å²) in [4.78, 5) is 40.5. The molecule has 8 heteroatoms. The second-order valence-electron chi connectivity index (χ2n) is 11.6. The fourth-order valence-corrected chi connectivity index (χ4v) is 6.28. The second-order valence-corrected chi connectivity index (χ2v) is 12.0. The first-order chi connectivity index (χ1) is 16.5. The zero-order valence-corrected chi connectivity index (χ0v) is 22.0. The number of carbonyl (C=O) groups excluding carboxylic acids is 3. The number of likely N-dealkylation sites (tertiary alicyclic amines) is 1. The normalized spacial score (nSPS) is 29.0. The predicted octanol–water partition coefficient (Wildman–Crippen LogP) is 4.49. The van der Waals surface area contributed by atoms with Gasteiger partial charge in [-0.1, -0.05) is 51.4 Å². The molecule has 0 radical (unpaired) electrons. The lowest BCUT2D eigenvalue weighted by atomic mass is 9.70. The van der Waals surface area contributed by atoms with E-state index in [9.17, 15) is 14.4 Å². The number of benzene rings is 1. The highest BCUT2D eigenvalue weighted by molar-refractivity contribution is 6.30. The van der Waals surface area contributed by atoms with E-state index >= 15 is 0 Å². The van der Waals surface area contributed by atoms with Gasteiger partial charge in [0.15, 0.2) is 0 Å². The Morgan fingerprint density at radius 3 is 2.51 bits per heavy atom. The number of amides is 3. The zero-order valence-electron chi connectivity index (χ0n) is 21.2. The van der Waals surface area contributed by atoms with Gasteiger partial charge in [-0.25, -0.2) is 4.79 Å². The summed E-state index contributed by atoms with van der Waals surface area (Å²) >= 11 is 6.08. The average Bonchev–Trinajstić information content (AvgIpc) is 3.19. The van der Waals surface area contributed by atoms with Crippen LogP contribution >= 0.6 is 11.6 Å². The number of nitrogens with zero attached hydrogens (tertiary/aromatic N) is 1. The quantitative estimate of drug-likeness (QED) is 0.619. The standard InChI is InChI=1S/C27H38ClN3O4/c1-17(2)22(30-23(32)19-9-11-27(15-19)12-13-29-25(34)35-27)24(33)31-14-10-21(26(3,4)16-31)18-5-7-20(28)8-6-18/h5-8,17,19,21-22H,9-16H2,1-4H3,(H,29,34)(H,30,32)/t19-,21?,22-,27?/m1/s1. The number of carbonyl (C=O) groups is 3. The Kier molecular flexibility index (Phi) is 7.37. The number of alkyl carbamates (subject to hydrolysis) is 1. The van der Waals surface area contributed by atoms with Gasteiger partial charge in [-0.15, -0.1) is 0 Å². The van der Waals surface area contributed by atoms with Gasteiger partial charge in [-0.05, 0) is 60.6 Å². The highest BCUT2D eigenvalue weighted by atomic mass is 35.5. The van der Waals surface area contributed by atoms with Crippen molar-refractivity contribution in [2.24, 2.45) is 17.3 Å². The van der Waals surface area contributed by atoms with Crippen molar-refractivity contribution in [1.29, 1.82) is 0 Å². The minimum Gasteiger partial charge on any atom is -0.443 e. The molecule has 2 unspecified atom stereocenters. The monoisotopic (exact) mass is 503 g/mol. The van der Waals surface area contributed by atoms with Gasteiger partial charge >= 0.3 is 6.09 Å². The Bertz CT molecular complexity index is 964. The molecule has 35 heavy (non-hydrogen) atoms. The van der Waals surface area contributed by atoms with Crippen molar-refractivity contribution in [2.45, 2.75) is 77.4 Å². The van der Waals surface area contributed by atoms with E-state index in [0.29, 0.717) is 51.2 Å². The van der Waals surface area contributed by atoms with Crippen molar-refractivity contribution < 1.29 is 19.1 Å². The van der Waals surface area contributed by atoms with Crippen LogP contribution in [0.5, 0.6) is 0 Å². The van der Waals surface area contributed by atoms with Crippen LogP contribution in [0.1, 0.15) is 71.3 Å². The third kappa shape index (κ3) is 5.60. The highest BCUT2D eigenvalue weighted by Gasteiger charge is 2.47. The van der Waals surface area contributed by atoms with Crippen LogP contribution in [-0.4, -0.2) is 54.1 Å². The van der Waals surface area contributed by atoms with Crippen LogP contribution in [0.15, 0.2) is 24.3 Å². The van der Waals surface area contributed by atoms with E-state index < -0.39 is 17.7 Å². The summed E-state index contributed by atoms with van der Waals surface area (Å²) in [7, 11) is 0. The number of halogens is 1. The zero-order chi connectivity index (χ0) is 25.4. The third-order valence-corrected chi connectivity index (χ3v) is 8.39. The van der Waals surface area contributed by atoms with Crippen molar-refractivity contribution >= 4 is 29.5 Å². The Hall–Kier alpha value is -2.28. The average molecular weight is 504 g/mol. The Labute approximate surface area is 213 Å². The molecule has 1 spiro atoms. The summed E-state index contributed by atoms with van der Waals surface area (Å²) in [5, 5.41) is 6.47. The molecule has 3 amide bonds. The number of hydrogen-bond donors (Lipinski definition) is 2. The molecule has 4 rings (SSSR count). The molecule has 1 aromatic carbocycles. The molecule has 4 atom stereocenters. The van der Waals surface area contributed by atoms with E-state index in [4.69, 9.17) is 16.3 Å². The van der Waals surface area contributed by atoms with Crippen LogP contribution < -0.4 is 10.6 Å². The fourth-order valence-electron chi connectivity index (χ4n) is 6.15. The smallest absolute Gasteiger partial charge is 0.407 e. The van der Waals surface area contributed by atoms with Crippen LogP contribution in [0, 0.1) is 17.3 Å². The summed E-state index contributed by atoms with van der Waals surface area (Å²) < 4.78 is 5.57. The van der Waals surface area contributed by atoms with E-state index in [1.807, 2.05) is 30.9 Å². The Morgan fingerprint density at radius 2 is 1.89 bits per heavy atom. The molecule has 2 N–H and O–H groups in total. The summed E-state index contributed by atoms with van der Waals surface area (Å²) in [6, 6.07) is 7.44. The number of rotatable bonds is 5. The molecule has 1 saturated carbocycles. The van der Waals surface area contributed by atoms with Gasteiger partial charge in [0.1, 0.15) is 11.6 Å². The highest BCUT2D eigenvalue weighted by Crippen LogP contribution is 2.43. The molecule has 7 nitrogen and oxygen atoms in total. The van der Waals surface area contributed by atoms with Gasteiger partial charge in [0.2, 0.25) is 11.8 Å². The van der Waals surface area contributed by atoms with Crippen LogP contribution in [-0.2, 0) is 14.3 Å². The molecule has 3 fully saturated rings. The number of nitrogens with one attached hydrogen (secondary N) is 2. The minimum absolute atomic E-state index is 0.0167. The molecule has 1 aromatic rings. The van der Waals surface area contributed by atoms with Crippen molar-refractivity contribution in [3.8, 4) is 0 Å². The van der Waals surface area contributed by atoms with Gasteiger partial charge in [0.05, 0.1) is 0 Å². The lowest BCUT2D eigenvalue weighted by Gasteiger charge is -2.46. The summed E-state index contributed by atoms with van der Waals surface area (Å²) in [5.74, 6) is -0.0771. The van der Waals surface area contributed by atoms with E-state index in [1.165, 1.54) is 5.56 Å². The molecule has 2 saturated heterocycles. The molecule has 3 aliphatic rings. The van der Waals surface area contributed by atoms with Gasteiger partial charge < -0.3 is 20.3 Å². The first-order valence-electron chi connectivity index (χ1n) is 12.8. The van der Waals surface area contributed by atoms with Crippen LogP contribution in [0.25, 0.3) is 0 Å². The summed E-state index contributed by atoms with van der Waals surface area (Å²) in [5.41, 5.74) is 0.591. The molecule has 0 bridgehead atoms. The minimum atomic E-state index is -0.572. The molecular weight excluding hydrogens is 466 g/mol. The van der Waals surface area contributed by atoms with Crippen LogP contribution in [0.3, 0.4) is 0 Å². The number of piperidine rings is 1. The molecule has 2 heterocycles. The molecule has 0 aromatic heterocycles. The Balaban J connectivity index is 1.39. The predicted molar refractivity (Wildman–Crippen MR) is 135 cm³/mol. The largest absolute Gasteiger partial charge is 0.443 e. The lowest BCUT2D eigenvalue weighted by Crippen LogP contribution is -2.56. The number of hydrogen-bond acceptors (Lipinski definition) is 4. The maximum atomic E-state index is 13.6. The van der Waals surface area contributed by atoms with E-state index in [2.05, 4.69) is 36.6 Å². The first kappa shape index (κ1) is 25.8. The van der Waals surface area contributed by atoms with Gasteiger partial charge in [-0.3, -0.25) is 9.59 Å². The van der Waals surface area contributed by atoms with Crippen LogP contribution in [0.2, 0.25) is 5.02 Å². The van der Waals surface area contributed by atoms with Crippen molar-refractivity contribution in [1.82, 2.24) is 15.5 Å². The second kappa shape index (κ2) is 10.00. The maximum Gasteiger partial charge on any atom is 0.407 e. The van der Waals surface area contributed by atoms with E-state index in [0.717, 1.165) is 11.4 Å². The molecule has 2 aliphatic heterocycles. The summed E-state index contributed by atoms with van der Waals surface area (Å²) in [6.07, 6.45) is 3.04. The van der Waals surface area contributed by atoms with Crippen molar-refractivity contribution in [2.75, 3.05) is 19.6 Å². The van der Waals surface area contributed by atoms with Crippen LogP contribution in [0.4, 0.5) is 4.79 Å². The summed E-state index contributed by atoms with van der Waals surface area (Å²) in [6.45, 7) is 10.2. The lowest BCUT2D eigenvalue weighted by molar-refractivity contribution is -0.141. The van der Waals surface area contributed by atoms with Crippen molar-refractivity contribution in [3.05, 3.63) is 34.9 Å². The fraction of sp³-hybridized carbons (Fsp3) is 0.667. The number of ether oxygens (including phenoxy) is 1. The van der Waals surface area contributed by atoms with Gasteiger partial charge in [0.25, 0.3) is 0 Å².